The van der Waals surface area contributed by atoms with Crippen molar-refractivity contribution in [1.82, 2.24) is 5.32 Å². The van der Waals surface area contributed by atoms with Crippen molar-refractivity contribution in [2.24, 2.45) is 5.92 Å². The molecule has 2 rings (SSSR count). The smallest absolute Gasteiger partial charge is 0.0774 e. The molecule has 2 unspecified atom stereocenters. The third-order valence-corrected chi connectivity index (χ3v) is 4.49. The minimum atomic E-state index is -0.533. The highest BCUT2D eigenvalue weighted by atomic mass is 16.3. The topological polar surface area (TPSA) is 52.5 Å². The van der Waals surface area contributed by atoms with Crippen LogP contribution in [0.25, 0.3) is 0 Å². The third-order valence-electron chi connectivity index (χ3n) is 4.49. The largest absolute Gasteiger partial charge is 0.392 e. The van der Waals surface area contributed by atoms with Crippen LogP contribution in [0, 0.1) is 5.92 Å². The molecule has 3 N–H and O–H groups in total. The van der Waals surface area contributed by atoms with E-state index in [0.29, 0.717) is 12.5 Å². The molecule has 0 aromatic heterocycles. The second-order valence-corrected chi connectivity index (χ2v) is 6.27. The van der Waals surface area contributed by atoms with Gasteiger partial charge in [0.1, 0.15) is 0 Å². The van der Waals surface area contributed by atoms with Gasteiger partial charge in [0.05, 0.1) is 11.7 Å². The zero-order chi connectivity index (χ0) is 12.3. The number of nitrogens with one attached hydrogen (secondary N) is 1. The van der Waals surface area contributed by atoms with Gasteiger partial charge in [0.2, 0.25) is 0 Å². The van der Waals surface area contributed by atoms with Crippen molar-refractivity contribution in [2.45, 2.75) is 76.0 Å². The lowest BCUT2D eigenvalue weighted by atomic mass is 9.78. The molecule has 0 aromatic carbocycles. The Bertz CT molecular complexity index is 246. The fraction of sp³-hybridized carbons (Fsp3) is 1.00. The predicted octanol–water partition coefficient (Wildman–Crippen LogP) is 1.82. The van der Waals surface area contributed by atoms with Crippen molar-refractivity contribution in [3.63, 3.8) is 0 Å². The Morgan fingerprint density at radius 1 is 1.18 bits per heavy atom. The summed E-state index contributed by atoms with van der Waals surface area (Å²) >= 11 is 0. The highest BCUT2D eigenvalue weighted by molar-refractivity contribution is 4.90. The van der Waals surface area contributed by atoms with E-state index in [9.17, 15) is 10.2 Å². The molecular formula is C14H27NO2. The predicted molar refractivity (Wildman–Crippen MR) is 68.8 cm³/mol. The average molecular weight is 241 g/mol. The van der Waals surface area contributed by atoms with Gasteiger partial charge in [-0.15, -0.1) is 0 Å². The van der Waals surface area contributed by atoms with Gasteiger partial charge in [0, 0.05) is 12.6 Å². The van der Waals surface area contributed by atoms with Crippen molar-refractivity contribution in [2.75, 3.05) is 6.54 Å². The summed E-state index contributed by atoms with van der Waals surface area (Å²) in [4.78, 5) is 0. The van der Waals surface area contributed by atoms with Crippen molar-refractivity contribution >= 4 is 0 Å². The molecule has 2 saturated carbocycles. The molecule has 100 valence electrons. The van der Waals surface area contributed by atoms with Crippen LogP contribution in [0.3, 0.4) is 0 Å². The number of hydrogen-bond donors (Lipinski definition) is 3. The van der Waals surface area contributed by atoms with Gasteiger partial charge in [-0.1, -0.05) is 32.6 Å². The maximum absolute atomic E-state index is 10.5. The normalized spacial score (nSPS) is 43.6. The molecule has 0 bridgehead atoms. The molecule has 0 saturated heterocycles. The van der Waals surface area contributed by atoms with Crippen LogP contribution in [0.15, 0.2) is 0 Å². The molecule has 2 fully saturated rings. The first-order valence-corrected chi connectivity index (χ1v) is 7.23. The number of rotatable bonds is 3. The third kappa shape index (κ3) is 3.67. The second kappa shape index (κ2) is 5.68. The van der Waals surface area contributed by atoms with Crippen molar-refractivity contribution in [3.8, 4) is 0 Å². The van der Waals surface area contributed by atoms with Crippen molar-refractivity contribution < 1.29 is 10.2 Å². The van der Waals surface area contributed by atoms with Crippen LogP contribution in [0.2, 0.25) is 0 Å². The maximum Gasteiger partial charge on any atom is 0.0774 e. The van der Waals surface area contributed by atoms with Crippen molar-refractivity contribution in [3.05, 3.63) is 0 Å². The van der Waals surface area contributed by atoms with Gasteiger partial charge >= 0.3 is 0 Å². The summed E-state index contributed by atoms with van der Waals surface area (Å²) in [5, 5.41) is 23.8. The van der Waals surface area contributed by atoms with Crippen LogP contribution in [0.1, 0.15) is 58.3 Å². The van der Waals surface area contributed by atoms with Gasteiger partial charge in [-0.25, -0.2) is 0 Å². The Hall–Kier alpha value is -0.120. The van der Waals surface area contributed by atoms with Gasteiger partial charge < -0.3 is 15.5 Å². The molecule has 3 nitrogen and oxygen atoms in total. The molecule has 0 aromatic rings. The minimum Gasteiger partial charge on any atom is -0.392 e. The Morgan fingerprint density at radius 2 is 1.94 bits per heavy atom. The van der Waals surface area contributed by atoms with E-state index in [4.69, 9.17) is 0 Å². The van der Waals surface area contributed by atoms with Gasteiger partial charge in [0.25, 0.3) is 0 Å². The van der Waals surface area contributed by atoms with Gasteiger partial charge in [-0.05, 0) is 31.6 Å². The fourth-order valence-corrected chi connectivity index (χ4v) is 3.46. The molecule has 3 heteroatoms. The summed E-state index contributed by atoms with van der Waals surface area (Å²) in [6, 6.07) is 0.199. The molecule has 0 radical (unpaired) electrons. The van der Waals surface area contributed by atoms with E-state index in [0.717, 1.165) is 38.5 Å². The zero-order valence-electron chi connectivity index (χ0n) is 11.0. The Kier molecular flexibility index (Phi) is 4.45. The van der Waals surface area contributed by atoms with Crippen LogP contribution >= 0.6 is 0 Å². The lowest BCUT2D eigenvalue weighted by molar-refractivity contribution is -0.0202. The summed E-state index contributed by atoms with van der Waals surface area (Å²) in [5.41, 5.74) is -0.533. The number of hydrogen-bond acceptors (Lipinski definition) is 3. The summed E-state index contributed by atoms with van der Waals surface area (Å²) in [6.07, 6.45) is 8.27. The molecule has 0 amide bonds. The van der Waals surface area contributed by atoms with E-state index in [1.165, 1.54) is 12.8 Å². The van der Waals surface area contributed by atoms with E-state index in [-0.39, 0.29) is 12.1 Å². The van der Waals surface area contributed by atoms with Crippen LogP contribution < -0.4 is 5.32 Å². The van der Waals surface area contributed by atoms with E-state index >= 15 is 0 Å². The summed E-state index contributed by atoms with van der Waals surface area (Å²) in [5.74, 6) is 0.631. The fourth-order valence-electron chi connectivity index (χ4n) is 3.46. The van der Waals surface area contributed by atoms with Crippen LogP contribution in [0.4, 0.5) is 0 Å². The van der Waals surface area contributed by atoms with E-state index in [1.54, 1.807) is 0 Å². The SMILES string of the molecule is CC1CCCC(O)(CN[C@H]2CCCC[C@@H]2O)C1. The van der Waals surface area contributed by atoms with E-state index in [2.05, 4.69) is 12.2 Å². The summed E-state index contributed by atoms with van der Waals surface area (Å²) < 4.78 is 0. The van der Waals surface area contributed by atoms with Crippen LogP contribution in [-0.2, 0) is 0 Å². The molecule has 0 heterocycles. The average Bonchev–Trinajstić information content (AvgIpc) is 2.28. The number of aliphatic hydroxyl groups is 2. The maximum atomic E-state index is 10.5. The van der Waals surface area contributed by atoms with Gasteiger partial charge in [0.15, 0.2) is 0 Å². The highest BCUT2D eigenvalue weighted by Gasteiger charge is 2.34. The lowest BCUT2D eigenvalue weighted by Crippen LogP contribution is -2.51. The first kappa shape index (κ1) is 13.3. The molecule has 2 aliphatic rings. The summed E-state index contributed by atoms with van der Waals surface area (Å²) in [6.45, 7) is 2.87. The quantitative estimate of drug-likeness (QED) is 0.706. The van der Waals surface area contributed by atoms with Gasteiger partial charge in [-0.3, -0.25) is 0 Å². The Labute approximate surface area is 105 Å². The minimum absolute atomic E-state index is 0.199. The van der Waals surface area contributed by atoms with Crippen LogP contribution in [0.5, 0.6) is 0 Å². The lowest BCUT2D eigenvalue weighted by Gasteiger charge is -2.38. The Morgan fingerprint density at radius 3 is 2.65 bits per heavy atom. The standard InChI is InChI=1S/C14H27NO2/c1-11-5-4-8-14(17,9-11)10-15-12-6-2-3-7-13(12)16/h11-13,15-17H,2-10H2,1H3/t11?,12-,13-,14?/m0/s1. The van der Waals surface area contributed by atoms with E-state index < -0.39 is 5.60 Å². The molecule has 4 atom stereocenters. The first-order valence-electron chi connectivity index (χ1n) is 7.23. The molecular weight excluding hydrogens is 214 g/mol. The second-order valence-electron chi connectivity index (χ2n) is 6.27. The zero-order valence-corrected chi connectivity index (χ0v) is 11.0. The highest BCUT2D eigenvalue weighted by Crippen LogP contribution is 2.32. The molecule has 2 aliphatic carbocycles. The summed E-state index contributed by atoms with van der Waals surface area (Å²) in [7, 11) is 0. The molecule has 0 aliphatic heterocycles. The van der Waals surface area contributed by atoms with E-state index in [1.807, 2.05) is 0 Å². The Balaban J connectivity index is 1.79. The first-order chi connectivity index (χ1) is 8.09. The number of aliphatic hydroxyl groups excluding tert-OH is 1. The monoisotopic (exact) mass is 241 g/mol. The van der Waals surface area contributed by atoms with Crippen LogP contribution in [-0.4, -0.2) is 34.5 Å². The van der Waals surface area contributed by atoms with Crippen molar-refractivity contribution in [1.29, 1.82) is 0 Å². The van der Waals surface area contributed by atoms with Gasteiger partial charge in [-0.2, -0.15) is 0 Å². The molecule has 0 spiro atoms. The molecule has 17 heavy (non-hydrogen) atoms.